The van der Waals surface area contributed by atoms with Crippen LogP contribution in [0.2, 0.25) is 0 Å². The van der Waals surface area contributed by atoms with Crippen molar-refractivity contribution in [3.63, 3.8) is 0 Å². The molecule has 2 fully saturated rings. The smallest absolute Gasteiger partial charge is 0.234 e. The van der Waals surface area contributed by atoms with E-state index in [0.717, 1.165) is 25.2 Å². The van der Waals surface area contributed by atoms with Crippen molar-refractivity contribution < 1.29 is 9.18 Å². The minimum absolute atomic E-state index is 0. The molecule has 4 nitrogen and oxygen atoms in total. The Bertz CT molecular complexity index is 784. The highest BCUT2D eigenvalue weighted by Crippen LogP contribution is 2.41. The average molecular weight is 404 g/mol. The predicted molar refractivity (Wildman–Crippen MR) is 111 cm³/mol. The van der Waals surface area contributed by atoms with Crippen LogP contribution in [0.4, 0.5) is 4.39 Å². The summed E-state index contributed by atoms with van der Waals surface area (Å²) in [5, 5.41) is 6.61. The molecule has 1 aliphatic heterocycles. The molecule has 0 aromatic heterocycles. The summed E-state index contributed by atoms with van der Waals surface area (Å²) in [4.78, 5) is 15.0. The Kier molecular flexibility index (Phi) is 7.05. The molecular weight excluding hydrogens is 377 g/mol. The molecule has 0 spiro atoms. The number of amides is 1. The molecule has 2 unspecified atom stereocenters. The number of hydrogen-bond donors (Lipinski definition) is 2. The van der Waals surface area contributed by atoms with Crippen molar-refractivity contribution in [2.45, 2.75) is 24.9 Å². The second kappa shape index (κ2) is 9.50. The monoisotopic (exact) mass is 403 g/mol. The molecule has 1 saturated heterocycles. The first-order valence-corrected chi connectivity index (χ1v) is 9.75. The van der Waals surface area contributed by atoms with Gasteiger partial charge < -0.3 is 10.6 Å². The molecule has 0 radical (unpaired) electrons. The summed E-state index contributed by atoms with van der Waals surface area (Å²) < 4.78 is 13.6. The van der Waals surface area contributed by atoms with E-state index in [4.69, 9.17) is 0 Å². The van der Waals surface area contributed by atoms with Crippen molar-refractivity contribution >= 4 is 18.3 Å². The van der Waals surface area contributed by atoms with Gasteiger partial charge in [0, 0.05) is 25.7 Å². The molecule has 28 heavy (non-hydrogen) atoms. The minimum atomic E-state index is -0.236. The molecule has 2 N–H and O–H groups in total. The van der Waals surface area contributed by atoms with Gasteiger partial charge >= 0.3 is 0 Å². The molecular formula is C22H27ClFN3O. The van der Waals surface area contributed by atoms with Gasteiger partial charge in [0.25, 0.3) is 0 Å². The van der Waals surface area contributed by atoms with Crippen molar-refractivity contribution in [1.29, 1.82) is 0 Å². The summed E-state index contributed by atoms with van der Waals surface area (Å²) in [6.45, 7) is 2.66. The molecule has 2 aromatic carbocycles. The first-order valence-electron chi connectivity index (χ1n) is 9.75. The fourth-order valence-corrected chi connectivity index (χ4v) is 3.94. The van der Waals surface area contributed by atoms with E-state index in [-0.39, 0.29) is 36.2 Å². The van der Waals surface area contributed by atoms with E-state index in [9.17, 15) is 9.18 Å². The number of carbonyl (C=O) groups excluding carboxylic acids is 1. The van der Waals surface area contributed by atoms with Crippen LogP contribution >= 0.6 is 12.4 Å². The summed E-state index contributed by atoms with van der Waals surface area (Å²) in [7, 11) is 0. The van der Waals surface area contributed by atoms with Crippen LogP contribution in [0.1, 0.15) is 36.1 Å². The number of carbonyl (C=O) groups is 1. The Morgan fingerprint density at radius 1 is 1.18 bits per heavy atom. The van der Waals surface area contributed by atoms with Crippen LogP contribution < -0.4 is 10.6 Å². The van der Waals surface area contributed by atoms with Crippen LogP contribution in [-0.4, -0.2) is 37.0 Å². The number of rotatable bonds is 6. The lowest BCUT2D eigenvalue weighted by Crippen LogP contribution is -2.50. The lowest BCUT2D eigenvalue weighted by molar-refractivity contribution is -0.124. The summed E-state index contributed by atoms with van der Waals surface area (Å²) in [6.07, 6.45) is 2.33. The van der Waals surface area contributed by atoms with Gasteiger partial charge in [-0.1, -0.05) is 42.5 Å². The second-order valence-corrected chi connectivity index (χ2v) is 7.54. The third-order valence-corrected chi connectivity index (χ3v) is 5.50. The maximum absolute atomic E-state index is 13.6. The molecule has 2 aliphatic rings. The third kappa shape index (κ3) is 5.10. The Morgan fingerprint density at radius 3 is 2.68 bits per heavy atom. The number of nitrogens with one attached hydrogen (secondary N) is 2. The van der Waals surface area contributed by atoms with E-state index < -0.39 is 0 Å². The fraction of sp³-hybridized carbons (Fsp3) is 0.409. The zero-order valence-corrected chi connectivity index (χ0v) is 16.6. The van der Waals surface area contributed by atoms with Crippen molar-refractivity contribution in [1.82, 2.24) is 15.5 Å². The zero-order chi connectivity index (χ0) is 18.6. The summed E-state index contributed by atoms with van der Waals surface area (Å²) >= 11 is 0. The van der Waals surface area contributed by atoms with Gasteiger partial charge in [-0.05, 0) is 42.0 Å². The van der Waals surface area contributed by atoms with Gasteiger partial charge in [-0.15, -0.1) is 12.4 Å². The predicted octanol–water partition coefficient (Wildman–Crippen LogP) is 3.46. The first kappa shape index (κ1) is 20.8. The fourth-order valence-electron chi connectivity index (χ4n) is 3.94. The Labute approximate surface area is 171 Å². The number of piperazine rings is 1. The number of hydrogen-bond acceptors (Lipinski definition) is 3. The van der Waals surface area contributed by atoms with Gasteiger partial charge in [-0.2, -0.15) is 0 Å². The van der Waals surface area contributed by atoms with Crippen LogP contribution in [-0.2, 0) is 4.79 Å². The van der Waals surface area contributed by atoms with Crippen molar-refractivity contribution in [3.8, 4) is 0 Å². The number of halogens is 2. The molecule has 1 heterocycles. The molecule has 4 rings (SSSR count). The van der Waals surface area contributed by atoms with Crippen molar-refractivity contribution in [3.05, 3.63) is 71.5 Å². The van der Waals surface area contributed by atoms with Crippen LogP contribution in [0.5, 0.6) is 0 Å². The van der Waals surface area contributed by atoms with E-state index in [1.807, 2.05) is 24.3 Å². The zero-order valence-electron chi connectivity index (χ0n) is 15.8. The normalized spacial score (nSPS) is 20.8. The van der Waals surface area contributed by atoms with Gasteiger partial charge in [0.05, 0.1) is 12.6 Å². The molecule has 1 aliphatic carbocycles. The maximum Gasteiger partial charge on any atom is 0.234 e. The summed E-state index contributed by atoms with van der Waals surface area (Å²) in [6, 6.07) is 17.0. The summed E-state index contributed by atoms with van der Waals surface area (Å²) in [5.41, 5.74) is 2.09. The Hall–Kier alpha value is -1.95. The highest BCUT2D eigenvalue weighted by molar-refractivity contribution is 5.85. The topological polar surface area (TPSA) is 44.4 Å². The van der Waals surface area contributed by atoms with E-state index in [0.29, 0.717) is 12.5 Å². The van der Waals surface area contributed by atoms with E-state index in [1.165, 1.54) is 24.5 Å². The Morgan fingerprint density at radius 2 is 1.96 bits per heavy atom. The van der Waals surface area contributed by atoms with Crippen LogP contribution in [0, 0.1) is 11.7 Å². The van der Waals surface area contributed by atoms with Gasteiger partial charge in [0.1, 0.15) is 5.82 Å². The van der Waals surface area contributed by atoms with E-state index in [1.54, 1.807) is 12.1 Å². The standard InChI is InChI=1S/C22H26FN3O.ClH/c23-19-8-4-7-18(13-19)20-14-24-11-12-26(20)15-21(27)25-22(17-9-10-17)16-5-2-1-3-6-16;/h1-8,13,17,20,22,24H,9-12,14-15H2,(H,25,27);1H. The second-order valence-electron chi connectivity index (χ2n) is 7.54. The number of nitrogens with zero attached hydrogens (tertiary/aromatic N) is 1. The lowest BCUT2D eigenvalue weighted by Gasteiger charge is -2.36. The SMILES string of the molecule is Cl.O=C(CN1CCNCC1c1cccc(F)c1)NC(c1ccccc1)C1CC1. The van der Waals surface area contributed by atoms with Gasteiger partial charge in [0.15, 0.2) is 0 Å². The molecule has 2 aromatic rings. The summed E-state index contributed by atoms with van der Waals surface area (Å²) in [5.74, 6) is 0.345. The largest absolute Gasteiger partial charge is 0.348 e. The average Bonchev–Trinajstić information content (AvgIpc) is 3.52. The highest BCUT2D eigenvalue weighted by Gasteiger charge is 2.34. The van der Waals surface area contributed by atoms with Gasteiger partial charge in [-0.25, -0.2) is 4.39 Å². The molecule has 2 atom stereocenters. The third-order valence-electron chi connectivity index (χ3n) is 5.50. The molecule has 150 valence electrons. The first-order chi connectivity index (χ1) is 13.2. The van der Waals surface area contributed by atoms with E-state index >= 15 is 0 Å². The van der Waals surface area contributed by atoms with Crippen molar-refractivity contribution in [2.24, 2.45) is 5.92 Å². The van der Waals surface area contributed by atoms with E-state index in [2.05, 4.69) is 27.7 Å². The quantitative estimate of drug-likeness (QED) is 0.776. The highest BCUT2D eigenvalue weighted by atomic mass is 35.5. The van der Waals surface area contributed by atoms with Gasteiger partial charge in [-0.3, -0.25) is 9.69 Å². The molecule has 6 heteroatoms. The Balaban J connectivity index is 0.00000225. The van der Waals surface area contributed by atoms with Crippen molar-refractivity contribution in [2.75, 3.05) is 26.2 Å². The minimum Gasteiger partial charge on any atom is -0.348 e. The lowest BCUT2D eigenvalue weighted by atomic mass is 10.0. The number of benzene rings is 2. The molecule has 1 amide bonds. The van der Waals surface area contributed by atoms with Crippen LogP contribution in [0.15, 0.2) is 54.6 Å². The van der Waals surface area contributed by atoms with Crippen LogP contribution in [0.25, 0.3) is 0 Å². The maximum atomic E-state index is 13.6. The molecule has 1 saturated carbocycles. The van der Waals surface area contributed by atoms with Gasteiger partial charge in [0.2, 0.25) is 5.91 Å². The van der Waals surface area contributed by atoms with Crippen LogP contribution in [0.3, 0.4) is 0 Å². The molecule has 0 bridgehead atoms.